The first-order valence-corrected chi connectivity index (χ1v) is 19.9. The first-order chi connectivity index (χ1) is 29.7. The Hall–Kier alpha value is -7.36. The third-order valence-electron chi connectivity index (χ3n) is 10.7. The summed E-state index contributed by atoms with van der Waals surface area (Å²) in [4.78, 5) is 14.5. The van der Waals surface area contributed by atoms with Crippen molar-refractivity contribution in [2.24, 2.45) is 0 Å². The fourth-order valence-electron chi connectivity index (χ4n) is 7.78. The van der Waals surface area contributed by atoms with Crippen LogP contribution in [0.2, 0.25) is 0 Å². The standard InChI is InChI=1S/C57H35N3.Ir/c1-4-16-40(17-5-1)55-31-28-43(37-58-55)49-22-10-13-25-52(49)46-34-47(53-26-14-11-23-50(53)44-29-32-56(59-38-44)41-18-6-2-7-19-41)36-48(35-46)54-27-15-12-24-51(54)45-30-33-57(60-39-45)42-20-8-3-9-21-42;/h1-16,18,20,22-38H;/q-4;. The molecule has 3 aromatic heterocycles. The van der Waals surface area contributed by atoms with Crippen LogP contribution in [0.3, 0.4) is 0 Å². The van der Waals surface area contributed by atoms with Gasteiger partial charge in [-0.3, -0.25) is 0 Å². The fourth-order valence-corrected chi connectivity index (χ4v) is 7.78. The summed E-state index contributed by atoms with van der Waals surface area (Å²) in [5, 5.41) is 0. The van der Waals surface area contributed by atoms with Crippen LogP contribution in [0, 0.1) is 24.4 Å². The molecular weight excluding hydrogens is 919 g/mol. The Balaban J connectivity index is 0.00000476. The van der Waals surface area contributed by atoms with Crippen molar-refractivity contribution in [3.05, 3.63) is 237 Å². The van der Waals surface area contributed by atoms with Crippen LogP contribution in [0.5, 0.6) is 0 Å². The summed E-state index contributed by atoms with van der Waals surface area (Å²) in [6.07, 6.45) is 7.29. The molecule has 3 nitrogen and oxygen atoms in total. The van der Waals surface area contributed by atoms with Crippen molar-refractivity contribution in [3.8, 4) is 101 Å². The molecule has 291 valence electrons. The smallest absolute Gasteiger partial charge is 0.0239 e. The summed E-state index contributed by atoms with van der Waals surface area (Å²) in [5.41, 5.74) is 18.3. The van der Waals surface area contributed by atoms with Crippen LogP contribution in [0.1, 0.15) is 0 Å². The largest absolute Gasteiger partial charge is 0.353 e. The van der Waals surface area contributed by atoms with Gasteiger partial charge in [0.25, 0.3) is 0 Å². The van der Waals surface area contributed by atoms with Gasteiger partial charge >= 0.3 is 0 Å². The third-order valence-corrected chi connectivity index (χ3v) is 10.7. The van der Waals surface area contributed by atoms with Crippen molar-refractivity contribution in [1.29, 1.82) is 0 Å². The van der Waals surface area contributed by atoms with E-state index in [0.717, 1.165) is 101 Å². The van der Waals surface area contributed by atoms with Gasteiger partial charge in [0.15, 0.2) is 0 Å². The maximum absolute atomic E-state index is 4.88. The average Bonchev–Trinajstić information content (AvgIpc) is 3.35. The van der Waals surface area contributed by atoms with Crippen LogP contribution < -0.4 is 0 Å². The summed E-state index contributed by atoms with van der Waals surface area (Å²) in [5.74, 6) is 0. The second-order valence-corrected chi connectivity index (χ2v) is 14.5. The van der Waals surface area contributed by atoms with Gasteiger partial charge in [0.2, 0.25) is 0 Å². The van der Waals surface area contributed by atoms with Gasteiger partial charge < -0.3 is 15.0 Å². The van der Waals surface area contributed by atoms with E-state index in [1.807, 2.05) is 91.3 Å². The van der Waals surface area contributed by atoms with E-state index in [9.17, 15) is 0 Å². The SMILES string of the molecule is [Ir].[c-]1ccccc1-c1ccc(-c2ccccc2-c2cc(-c3ccccc3-c3ccc(-c4[c-]cccc4)nc3)cc(-c3ccccc3-c3ccc(-c4[c-]cccc4)nc3)c2)[c-]n1. The molecule has 0 bridgehead atoms. The summed E-state index contributed by atoms with van der Waals surface area (Å²) in [6.45, 7) is 0. The van der Waals surface area contributed by atoms with Crippen LogP contribution in [0.25, 0.3) is 101 Å². The molecule has 0 aliphatic carbocycles. The van der Waals surface area contributed by atoms with E-state index in [2.05, 4.69) is 146 Å². The zero-order valence-corrected chi connectivity index (χ0v) is 35.3. The molecule has 0 saturated carbocycles. The molecule has 4 heteroatoms. The number of pyridine rings is 3. The molecule has 10 aromatic rings. The van der Waals surface area contributed by atoms with Crippen LogP contribution in [-0.4, -0.2) is 15.0 Å². The Kier molecular flexibility index (Phi) is 11.5. The van der Waals surface area contributed by atoms with Gasteiger partial charge in [-0.1, -0.05) is 108 Å². The Bertz CT molecular complexity index is 2690. The summed E-state index contributed by atoms with van der Waals surface area (Å²) in [6, 6.07) is 78.9. The van der Waals surface area contributed by atoms with Crippen LogP contribution in [-0.2, 0) is 20.1 Å². The number of nitrogens with zero attached hydrogens (tertiary/aromatic N) is 3. The second-order valence-electron chi connectivity index (χ2n) is 14.5. The molecule has 7 aromatic carbocycles. The number of aromatic nitrogens is 3. The molecule has 0 saturated heterocycles. The predicted molar refractivity (Wildman–Crippen MR) is 244 cm³/mol. The molecule has 0 amide bonds. The number of hydrogen-bond acceptors (Lipinski definition) is 3. The zero-order chi connectivity index (χ0) is 40.1. The van der Waals surface area contributed by atoms with Crippen LogP contribution in [0.15, 0.2) is 213 Å². The zero-order valence-electron chi connectivity index (χ0n) is 32.9. The third kappa shape index (κ3) is 8.29. The monoisotopic (exact) mass is 954 g/mol. The normalized spacial score (nSPS) is 10.8. The van der Waals surface area contributed by atoms with E-state index in [4.69, 9.17) is 15.0 Å². The molecule has 0 spiro atoms. The summed E-state index contributed by atoms with van der Waals surface area (Å²) < 4.78 is 0. The van der Waals surface area contributed by atoms with Crippen molar-refractivity contribution in [2.75, 3.05) is 0 Å². The Labute approximate surface area is 370 Å². The van der Waals surface area contributed by atoms with E-state index in [1.165, 1.54) is 0 Å². The first kappa shape index (κ1) is 39.1. The Morgan fingerprint density at radius 1 is 0.295 bits per heavy atom. The van der Waals surface area contributed by atoms with Gasteiger partial charge in [0.05, 0.1) is 0 Å². The Morgan fingerprint density at radius 2 is 0.656 bits per heavy atom. The molecule has 1 radical (unpaired) electrons. The van der Waals surface area contributed by atoms with E-state index in [1.54, 1.807) is 0 Å². The Morgan fingerprint density at radius 3 is 1.02 bits per heavy atom. The number of hydrogen-bond donors (Lipinski definition) is 0. The van der Waals surface area contributed by atoms with Crippen molar-refractivity contribution in [1.82, 2.24) is 15.0 Å². The minimum Gasteiger partial charge on any atom is -0.353 e. The second kappa shape index (κ2) is 17.9. The van der Waals surface area contributed by atoms with Crippen molar-refractivity contribution in [3.63, 3.8) is 0 Å². The molecule has 0 aliphatic heterocycles. The first-order valence-electron chi connectivity index (χ1n) is 19.9. The van der Waals surface area contributed by atoms with Crippen molar-refractivity contribution in [2.45, 2.75) is 0 Å². The van der Waals surface area contributed by atoms with E-state index < -0.39 is 0 Å². The van der Waals surface area contributed by atoms with Gasteiger partial charge in [0, 0.05) is 32.5 Å². The van der Waals surface area contributed by atoms with Gasteiger partial charge in [0.1, 0.15) is 0 Å². The molecule has 61 heavy (non-hydrogen) atoms. The number of rotatable bonds is 9. The van der Waals surface area contributed by atoms with Gasteiger partial charge in [-0.2, -0.15) is 0 Å². The molecule has 0 unspecified atom stereocenters. The van der Waals surface area contributed by atoms with E-state index in [0.29, 0.717) is 0 Å². The number of benzene rings is 7. The molecule has 0 atom stereocenters. The molecule has 0 aliphatic rings. The maximum Gasteiger partial charge on any atom is 0.0239 e. The van der Waals surface area contributed by atoms with Gasteiger partial charge in [-0.05, 0) is 91.5 Å². The minimum atomic E-state index is 0. The predicted octanol–water partition coefficient (Wildman–Crippen LogP) is 14.1. The van der Waals surface area contributed by atoms with Gasteiger partial charge in [-0.15, -0.1) is 125 Å². The minimum absolute atomic E-state index is 0. The van der Waals surface area contributed by atoms with Gasteiger partial charge in [-0.25, -0.2) is 0 Å². The fraction of sp³-hybridized carbons (Fsp3) is 0. The average molecular weight is 954 g/mol. The maximum atomic E-state index is 4.88. The van der Waals surface area contributed by atoms with Crippen molar-refractivity contribution >= 4 is 0 Å². The van der Waals surface area contributed by atoms with Crippen LogP contribution >= 0.6 is 0 Å². The van der Waals surface area contributed by atoms with Crippen LogP contribution in [0.4, 0.5) is 0 Å². The summed E-state index contributed by atoms with van der Waals surface area (Å²) >= 11 is 0. The molecule has 0 fully saturated rings. The van der Waals surface area contributed by atoms with E-state index in [-0.39, 0.29) is 20.1 Å². The van der Waals surface area contributed by atoms with Crippen molar-refractivity contribution < 1.29 is 20.1 Å². The topological polar surface area (TPSA) is 38.7 Å². The quantitative estimate of drug-likeness (QED) is 0.135. The molecule has 10 rings (SSSR count). The molecule has 3 heterocycles. The van der Waals surface area contributed by atoms with E-state index >= 15 is 0 Å². The summed E-state index contributed by atoms with van der Waals surface area (Å²) in [7, 11) is 0. The molecule has 0 N–H and O–H groups in total. The molecular formula is C57H35IrN3-4.